The lowest BCUT2D eigenvalue weighted by Gasteiger charge is -2.07. The summed E-state index contributed by atoms with van der Waals surface area (Å²) >= 11 is 0. The van der Waals surface area contributed by atoms with Crippen molar-refractivity contribution >= 4 is 5.82 Å². The Labute approximate surface area is 120 Å². The van der Waals surface area contributed by atoms with E-state index in [9.17, 15) is 4.39 Å². The van der Waals surface area contributed by atoms with Crippen LogP contribution in [0.15, 0.2) is 42.9 Å². The number of nitrogens with zero attached hydrogens (tertiary/aromatic N) is 4. The topological polar surface area (TPSA) is 55.6 Å². The van der Waals surface area contributed by atoms with Gasteiger partial charge >= 0.3 is 0 Å². The van der Waals surface area contributed by atoms with Gasteiger partial charge in [-0.05, 0) is 18.6 Å². The van der Waals surface area contributed by atoms with E-state index in [1.54, 1.807) is 41.5 Å². The molecule has 2 aromatic heterocycles. The predicted molar refractivity (Wildman–Crippen MR) is 76.7 cm³/mol. The van der Waals surface area contributed by atoms with Gasteiger partial charge in [0.1, 0.15) is 28.7 Å². The molecule has 0 atom stereocenters. The summed E-state index contributed by atoms with van der Waals surface area (Å²) in [6.45, 7) is 0.814. The van der Waals surface area contributed by atoms with Gasteiger partial charge in [0.2, 0.25) is 0 Å². The molecule has 0 radical (unpaired) electrons. The molecule has 0 fully saturated rings. The van der Waals surface area contributed by atoms with E-state index in [1.807, 2.05) is 0 Å². The molecule has 5 nitrogen and oxygen atoms in total. The largest absolute Gasteiger partial charge is 0.369 e. The molecule has 1 N–H and O–H groups in total. The van der Waals surface area contributed by atoms with Gasteiger partial charge in [-0.1, -0.05) is 12.1 Å². The first-order valence-electron chi connectivity index (χ1n) is 6.71. The number of fused-ring (bicyclic) bond motifs is 1. The van der Waals surface area contributed by atoms with Gasteiger partial charge in [-0.15, -0.1) is 0 Å². The molecule has 3 heterocycles. The Morgan fingerprint density at radius 1 is 1.19 bits per heavy atom. The fraction of sp³-hybridized carbons (Fsp3) is 0.133. The molecule has 0 amide bonds. The number of aromatic nitrogens is 4. The molecule has 0 saturated carbocycles. The predicted octanol–water partition coefficient (Wildman–Crippen LogP) is 2.44. The average Bonchev–Trinajstić information content (AvgIpc) is 3.11. The van der Waals surface area contributed by atoms with Crippen molar-refractivity contribution in [3.05, 3.63) is 54.2 Å². The molecule has 0 bridgehead atoms. The number of rotatable bonds is 2. The van der Waals surface area contributed by atoms with Crippen LogP contribution in [0.1, 0.15) is 5.56 Å². The second-order valence-corrected chi connectivity index (χ2v) is 4.81. The van der Waals surface area contributed by atoms with Gasteiger partial charge in [-0.2, -0.15) is 5.10 Å². The summed E-state index contributed by atoms with van der Waals surface area (Å²) in [5.74, 6) is 0.531. The second kappa shape index (κ2) is 4.66. The molecule has 104 valence electrons. The third-order valence-corrected chi connectivity index (χ3v) is 3.54. The van der Waals surface area contributed by atoms with Crippen molar-refractivity contribution in [1.82, 2.24) is 19.7 Å². The van der Waals surface area contributed by atoms with Crippen LogP contribution in [0, 0.1) is 5.82 Å². The molecule has 1 aromatic carbocycles. The fourth-order valence-corrected chi connectivity index (χ4v) is 2.60. The Morgan fingerprint density at radius 3 is 2.90 bits per heavy atom. The summed E-state index contributed by atoms with van der Waals surface area (Å²) in [4.78, 5) is 8.38. The van der Waals surface area contributed by atoms with Crippen molar-refractivity contribution in [1.29, 1.82) is 0 Å². The molecule has 1 aliphatic rings. The summed E-state index contributed by atoms with van der Waals surface area (Å²) < 4.78 is 15.7. The molecule has 4 rings (SSSR count). The van der Waals surface area contributed by atoms with E-state index in [2.05, 4.69) is 20.4 Å². The smallest absolute Gasteiger partial charge is 0.148 e. The third kappa shape index (κ3) is 1.87. The van der Waals surface area contributed by atoms with E-state index in [0.717, 1.165) is 30.0 Å². The average molecular weight is 281 g/mol. The van der Waals surface area contributed by atoms with Gasteiger partial charge in [-0.3, -0.25) is 9.97 Å². The standard InChI is InChI=1S/C15H12FN5/c16-11-3-1-2-4-13(11)21-15-10(5-6-19-15)14(20-21)12-9-17-7-8-18-12/h1-4,7-9,19H,5-6H2. The maximum absolute atomic E-state index is 14.0. The van der Waals surface area contributed by atoms with E-state index < -0.39 is 0 Å². The molecular formula is C15H12FN5. The maximum Gasteiger partial charge on any atom is 0.148 e. The highest BCUT2D eigenvalue weighted by Crippen LogP contribution is 2.33. The molecule has 6 heteroatoms. The SMILES string of the molecule is Fc1ccccc1-n1nc(-c2cnccn2)c2c1NCC2. The number of hydrogen-bond acceptors (Lipinski definition) is 4. The highest BCUT2D eigenvalue weighted by Gasteiger charge is 2.25. The normalized spacial score (nSPS) is 13.0. The summed E-state index contributed by atoms with van der Waals surface area (Å²) in [6, 6.07) is 6.60. The minimum absolute atomic E-state index is 0.304. The zero-order valence-electron chi connectivity index (χ0n) is 11.1. The van der Waals surface area contributed by atoms with Gasteiger partial charge in [0, 0.05) is 24.5 Å². The molecule has 0 saturated heterocycles. The van der Waals surface area contributed by atoms with Gasteiger partial charge in [0.05, 0.1) is 6.20 Å². The molecule has 3 aromatic rings. The van der Waals surface area contributed by atoms with Crippen LogP contribution in [0.4, 0.5) is 10.2 Å². The first kappa shape index (κ1) is 12.0. The van der Waals surface area contributed by atoms with Crippen molar-refractivity contribution in [3.8, 4) is 17.1 Å². The first-order chi connectivity index (χ1) is 10.3. The van der Waals surface area contributed by atoms with Crippen molar-refractivity contribution in [3.63, 3.8) is 0 Å². The van der Waals surface area contributed by atoms with Crippen LogP contribution in [0.5, 0.6) is 0 Å². The van der Waals surface area contributed by atoms with Crippen molar-refractivity contribution < 1.29 is 4.39 Å². The van der Waals surface area contributed by atoms with Crippen molar-refractivity contribution in [2.75, 3.05) is 11.9 Å². The number of para-hydroxylation sites is 1. The second-order valence-electron chi connectivity index (χ2n) is 4.81. The minimum atomic E-state index is -0.304. The van der Waals surface area contributed by atoms with Crippen molar-refractivity contribution in [2.45, 2.75) is 6.42 Å². The lowest BCUT2D eigenvalue weighted by atomic mass is 10.1. The maximum atomic E-state index is 14.0. The van der Waals surface area contributed by atoms with Crippen LogP contribution in [-0.4, -0.2) is 26.3 Å². The van der Waals surface area contributed by atoms with E-state index in [4.69, 9.17) is 0 Å². The van der Waals surface area contributed by atoms with E-state index in [1.165, 1.54) is 6.07 Å². The Hall–Kier alpha value is -2.76. The van der Waals surface area contributed by atoms with Crippen LogP contribution >= 0.6 is 0 Å². The molecule has 21 heavy (non-hydrogen) atoms. The number of halogens is 1. The Morgan fingerprint density at radius 2 is 2.10 bits per heavy atom. The van der Waals surface area contributed by atoms with Crippen LogP contribution in [0.3, 0.4) is 0 Å². The molecule has 1 aliphatic heterocycles. The summed E-state index contributed by atoms with van der Waals surface area (Å²) in [7, 11) is 0. The van der Waals surface area contributed by atoms with E-state index >= 15 is 0 Å². The first-order valence-corrected chi connectivity index (χ1v) is 6.71. The Kier molecular flexibility index (Phi) is 2.67. The van der Waals surface area contributed by atoms with Crippen LogP contribution < -0.4 is 5.32 Å². The number of hydrogen-bond donors (Lipinski definition) is 1. The Balaban J connectivity index is 1.93. The zero-order valence-corrected chi connectivity index (χ0v) is 11.1. The monoisotopic (exact) mass is 281 g/mol. The number of anilines is 1. The summed E-state index contributed by atoms with van der Waals surface area (Å²) in [5, 5.41) is 7.82. The molecule has 0 spiro atoms. The zero-order chi connectivity index (χ0) is 14.2. The van der Waals surface area contributed by atoms with Gasteiger partial charge in [-0.25, -0.2) is 9.07 Å². The molecule has 0 aliphatic carbocycles. The van der Waals surface area contributed by atoms with Gasteiger partial charge < -0.3 is 5.32 Å². The third-order valence-electron chi connectivity index (χ3n) is 3.54. The molecular weight excluding hydrogens is 269 g/mol. The molecule has 0 unspecified atom stereocenters. The van der Waals surface area contributed by atoms with Crippen LogP contribution in [0.2, 0.25) is 0 Å². The lowest BCUT2D eigenvalue weighted by Crippen LogP contribution is -2.06. The summed E-state index contributed by atoms with van der Waals surface area (Å²) in [5.41, 5.74) is 2.94. The highest BCUT2D eigenvalue weighted by molar-refractivity contribution is 5.70. The van der Waals surface area contributed by atoms with Crippen LogP contribution in [0.25, 0.3) is 17.1 Å². The van der Waals surface area contributed by atoms with Crippen molar-refractivity contribution in [2.24, 2.45) is 0 Å². The summed E-state index contributed by atoms with van der Waals surface area (Å²) in [6.07, 6.45) is 5.77. The van der Waals surface area contributed by atoms with Crippen LogP contribution in [-0.2, 0) is 6.42 Å². The van der Waals surface area contributed by atoms with E-state index in [0.29, 0.717) is 11.4 Å². The Bertz CT molecular complexity index is 797. The number of nitrogens with one attached hydrogen (secondary N) is 1. The van der Waals surface area contributed by atoms with Gasteiger partial charge in [0.25, 0.3) is 0 Å². The highest BCUT2D eigenvalue weighted by atomic mass is 19.1. The van der Waals surface area contributed by atoms with Gasteiger partial charge in [0.15, 0.2) is 0 Å². The minimum Gasteiger partial charge on any atom is -0.369 e. The number of benzene rings is 1. The fourth-order valence-electron chi connectivity index (χ4n) is 2.60. The quantitative estimate of drug-likeness (QED) is 0.784. The lowest BCUT2D eigenvalue weighted by molar-refractivity contribution is 0.612. The van der Waals surface area contributed by atoms with E-state index in [-0.39, 0.29) is 5.82 Å².